The Morgan fingerprint density at radius 1 is 0.650 bits per heavy atom. The topological polar surface area (TPSA) is 164 Å². The first-order valence-electron chi connectivity index (χ1n) is 11.7. The first kappa shape index (κ1) is 33.1. The SMILES string of the molecule is CCOC(=O)C(=NOS(=O)(=O)c1ccc(C)cc1)SCCSC(=NOS(=O)(=O)c1ccc(C)cc1)C(=O)OCC. The van der Waals surface area contributed by atoms with E-state index < -0.39 is 32.2 Å². The first-order valence-corrected chi connectivity index (χ1v) is 16.4. The highest BCUT2D eigenvalue weighted by atomic mass is 32.2. The summed E-state index contributed by atoms with van der Waals surface area (Å²) in [7, 11) is -8.59. The van der Waals surface area contributed by atoms with Crippen molar-refractivity contribution in [2.75, 3.05) is 24.7 Å². The van der Waals surface area contributed by atoms with Crippen molar-refractivity contribution in [3.05, 3.63) is 59.7 Å². The fraction of sp³-hybridized carbons (Fsp3) is 0.333. The minimum Gasteiger partial charge on any atom is -0.461 e. The zero-order valence-electron chi connectivity index (χ0n) is 22.1. The number of rotatable bonds is 11. The molecule has 16 heteroatoms. The molecule has 0 saturated heterocycles. The normalized spacial score (nSPS) is 12.5. The van der Waals surface area contributed by atoms with E-state index in [1.807, 2.05) is 0 Å². The van der Waals surface area contributed by atoms with Crippen LogP contribution in [-0.2, 0) is 47.9 Å². The highest BCUT2D eigenvalue weighted by Crippen LogP contribution is 2.19. The summed E-state index contributed by atoms with van der Waals surface area (Å²) in [6.07, 6.45) is 0. The molecule has 2 aromatic carbocycles. The van der Waals surface area contributed by atoms with E-state index in [0.29, 0.717) is 0 Å². The van der Waals surface area contributed by atoms with Gasteiger partial charge in [0.1, 0.15) is 9.79 Å². The van der Waals surface area contributed by atoms with Crippen LogP contribution >= 0.6 is 23.5 Å². The van der Waals surface area contributed by atoms with Crippen molar-refractivity contribution in [3.63, 3.8) is 0 Å². The van der Waals surface area contributed by atoms with E-state index in [0.717, 1.165) is 34.7 Å². The van der Waals surface area contributed by atoms with E-state index in [1.54, 1.807) is 52.0 Å². The number of aryl methyl sites for hydroxylation is 2. The summed E-state index contributed by atoms with van der Waals surface area (Å²) in [5.74, 6) is -1.66. The van der Waals surface area contributed by atoms with Crippen LogP contribution in [0.4, 0.5) is 0 Å². The number of hydrogen-bond donors (Lipinski definition) is 0. The van der Waals surface area contributed by atoms with Gasteiger partial charge in [0.2, 0.25) is 10.1 Å². The number of carbonyl (C=O) groups is 2. The predicted molar refractivity (Wildman–Crippen MR) is 152 cm³/mol. The van der Waals surface area contributed by atoms with Crippen LogP contribution in [0.3, 0.4) is 0 Å². The Labute approximate surface area is 241 Å². The lowest BCUT2D eigenvalue weighted by atomic mass is 10.2. The average Bonchev–Trinajstić information content (AvgIpc) is 2.90. The molecule has 0 radical (unpaired) electrons. The highest BCUT2D eigenvalue weighted by Gasteiger charge is 2.22. The standard InChI is InChI=1S/C24H28N2O10S4/c1-5-33-23(27)21(25-35-39(29,30)19-11-7-17(3)8-12-19)37-15-16-38-22(24(28)34-6-2)26-36-40(31,32)20-13-9-18(4)10-14-20/h7-14H,5-6,15-16H2,1-4H3. The molecular formula is C24H28N2O10S4. The van der Waals surface area contributed by atoms with Gasteiger partial charge in [-0.2, -0.15) is 16.8 Å². The smallest absolute Gasteiger partial charge is 0.367 e. The highest BCUT2D eigenvalue weighted by molar-refractivity contribution is 8.18. The lowest BCUT2D eigenvalue weighted by molar-refractivity contribution is -0.135. The van der Waals surface area contributed by atoms with Gasteiger partial charge in [0.25, 0.3) is 0 Å². The van der Waals surface area contributed by atoms with Gasteiger partial charge in [-0.25, -0.2) is 9.59 Å². The Hall–Kier alpha value is -3.08. The number of ether oxygens (including phenoxy) is 2. The number of oxime groups is 2. The minimum atomic E-state index is -4.30. The van der Waals surface area contributed by atoms with E-state index in [2.05, 4.69) is 10.3 Å². The van der Waals surface area contributed by atoms with Gasteiger partial charge in [0, 0.05) is 11.5 Å². The second-order valence-corrected chi connectivity index (χ2v) is 12.8. The van der Waals surface area contributed by atoms with Crippen LogP contribution in [0.5, 0.6) is 0 Å². The Balaban J connectivity index is 2.10. The quantitative estimate of drug-likeness (QED) is 0.116. The molecule has 0 bridgehead atoms. The number of benzene rings is 2. The molecule has 0 aliphatic heterocycles. The van der Waals surface area contributed by atoms with Crippen LogP contribution in [0.25, 0.3) is 0 Å². The zero-order chi connectivity index (χ0) is 29.8. The maximum Gasteiger partial charge on any atom is 0.367 e. The number of nitrogens with zero attached hydrogens (tertiary/aromatic N) is 2. The van der Waals surface area contributed by atoms with Crippen molar-refractivity contribution in [1.29, 1.82) is 0 Å². The Bertz CT molecular complexity index is 1330. The van der Waals surface area contributed by atoms with Crippen molar-refractivity contribution in [2.45, 2.75) is 37.5 Å². The lowest BCUT2D eigenvalue weighted by Crippen LogP contribution is -2.18. The summed E-state index contributed by atoms with van der Waals surface area (Å²) in [4.78, 5) is 24.3. The molecule has 0 amide bonds. The molecule has 0 spiro atoms. The van der Waals surface area contributed by atoms with E-state index in [-0.39, 0.29) is 44.6 Å². The largest absolute Gasteiger partial charge is 0.461 e. The molecule has 0 aromatic heterocycles. The van der Waals surface area contributed by atoms with Gasteiger partial charge in [-0.3, -0.25) is 8.57 Å². The third-order valence-electron chi connectivity index (χ3n) is 4.52. The molecule has 0 aliphatic rings. The monoisotopic (exact) mass is 632 g/mol. The van der Waals surface area contributed by atoms with Gasteiger partial charge in [-0.15, -0.1) is 0 Å². The van der Waals surface area contributed by atoms with Gasteiger partial charge < -0.3 is 9.47 Å². The fourth-order valence-corrected chi connectivity index (χ4v) is 5.71. The van der Waals surface area contributed by atoms with Crippen molar-refractivity contribution in [2.24, 2.45) is 10.3 Å². The zero-order valence-corrected chi connectivity index (χ0v) is 25.3. The van der Waals surface area contributed by atoms with Crippen molar-refractivity contribution in [1.82, 2.24) is 0 Å². The van der Waals surface area contributed by atoms with Gasteiger partial charge in [-0.05, 0) is 52.0 Å². The molecule has 12 nitrogen and oxygen atoms in total. The van der Waals surface area contributed by atoms with Crippen LogP contribution in [0.15, 0.2) is 68.6 Å². The fourth-order valence-electron chi connectivity index (χ4n) is 2.57. The summed E-state index contributed by atoms with van der Waals surface area (Å²) in [5.41, 5.74) is 1.68. The molecule has 0 N–H and O–H groups in total. The molecule has 0 fully saturated rings. The molecule has 0 atom stereocenters. The Morgan fingerprint density at radius 2 is 0.975 bits per heavy atom. The molecule has 2 rings (SSSR count). The molecular weight excluding hydrogens is 605 g/mol. The van der Waals surface area contributed by atoms with Gasteiger partial charge in [-0.1, -0.05) is 69.2 Å². The summed E-state index contributed by atoms with van der Waals surface area (Å²) >= 11 is 1.59. The second-order valence-electron chi connectivity index (χ2n) is 7.61. The summed E-state index contributed by atoms with van der Waals surface area (Å²) < 4.78 is 69.0. The Morgan fingerprint density at radius 3 is 1.27 bits per heavy atom. The number of carbonyl (C=O) groups excluding carboxylic acids is 2. The molecule has 0 unspecified atom stereocenters. The number of esters is 2. The van der Waals surface area contributed by atoms with Crippen LogP contribution in [0, 0.1) is 13.8 Å². The molecule has 0 aliphatic carbocycles. The summed E-state index contributed by atoms with van der Waals surface area (Å²) in [6, 6.07) is 11.7. The van der Waals surface area contributed by atoms with E-state index >= 15 is 0 Å². The third kappa shape index (κ3) is 10.5. The molecule has 2 aromatic rings. The van der Waals surface area contributed by atoms with Gasteiger partial charge >= 0.3 is 32.2 Å². The van der Waals surface area contributed by atoms with Crippen LogP contribution < -0.4 is 0 Å². The number of thioether (sulfide) groups is 2. The molecule has 0 heterocycles. The maximum absolute atomic E-state index is 12.4. The van der Waals surface area contributed by atoms with Gasteiger partial charge in [0.05, 0.1) is 13.2 Å². The number of hydrogen-bond acceptors (Lipinski definition) is 14. The van der Waals surface area contributed by atoms with Crippen molar-refractivity contribution >= 4 is 65.8 Å². The van der Waals surface area contributed by atoms with Crippen LogP contribution in [0.2, 0.25) is 0 Å². The van der Waals surface area contributed by atoms with Crippen molar-refractivity contribution in [3.8, 4) is 0 Å². The molecule has 40 heavy (non-hydrogen) atoms. The summed E-state index contributed by atoms with van der Waals surface area (Å²) in [6.45, 7) is 6.71. The molecule has 0 saturated carbocycles. The van der Waals surface area contributed by atoms with E-state index in [9.17, 15) is 26.4 Å². The second kappa shape index (κ2) is 15.6. The van der Waals surface area contributed by atoms with Crippen molar-refractivity contribution < 1.29 is 44.5 Å². The lowest BCUT2D eigenvalue weighted by Gasteiger charge is -2.08. The van der Waals surface area contributed by atoms with E-state index in [1.165, 1.54) is 24.3 Å². The van der Waals surface area contributed by atoms with Crippen LogP contribution in [-0.4, -0.2) is 63.6 Å². The van der Waals surface area contributed by atoms with Crippen LogP contribution in [0.1, 0.15) is 25.0 Å². The maximum atomic E-state index is 12.4. The molecule has 218 valence electrons. The van der Waals surface area contributed by atoms with Gasteiger partial charge in [0.15, 0.2) is 0 Å². The summed E-state index contributed by atoms with van der Waals surface area (Å²) in [5, 5.41) is 6.20. The predicted octanol–water partition coefficient (Wildman–Crippen LogP) is 3.63. The van der Waals surface area contributed by atoms with E-state index in [4.69, 9.17) is 18.0 Å². The third-order valence-corrected chi connectivity index (χ3v) is 8.86. The minimum absolute atomic E-state index is 0.00430. The Kier molecular flexibility index (Phi) is 13.0. The average molecular weight is 633 g/mol. The first-order chi connectivity index (χ1) is 18.9.